The van der Waals surface area contributed by atoms with E-state index in [1.807, 2.05) is 43.3 Å². The van der Waals surface area contributed by atoms with Crippen LogP contribution in [0.15, 0.2) is 60.7 Å². The van der Waals surface area contributed by atoms with Gasteiger partial charge in [0.05, 0.1) is 45.7 Å². The van der Waals surface area contributed by atoms with Crippen molar-refractivity contribution in [3.05, 3.63) is 71.8 Å². The van der Waals surface area contributed by atoms with Crippen LogP contribution in [-0.2, 0) is 32.0 Å². The molecule has 0 aliphatic carbocycles. The minimum atomic E-state index is -1.07. The van der Waals surface area contributed by atoms with E-state index >= 15 is 0 Å². The maximum absolute atomic E-state index is 14.7. The summed E-state index contributed by atoms with van der Waals surface area (Å²) in [5, 5.41) is 0. The highest BCUT2D eigenvalue weighted by molar-refractivity contribution is 5.17. The summed E-state index contributed by atoms with van der Waals surface area (Å²) in [6, 6.07) is 20.3. The van der Waals surface area contributed by atoms with Crippen molar-refractivity contribution in [2.75, 3.05) is 52.8 Å². The zero-order chi connectivity index (χ0) is 24.3. The minimum Gasteiger partial charge on any atom is -0.379 e. The molecule has 0 fully saturated rings. The second-order valence-electron chi connectivity index (χ2n) is 8.54. The maximum atomic E-state index is 14.7. The van der Waals surface area contributed by atoms with Gasteiger partial charge >= 0.3 is 0 Å². The molecule has 6 heteroatoms. The second kappa shape index (κ2) is 18.5. The molecule has 2 unspecified atom stereocenters. The zero-order valence-electron chi connectivity index (χ0n) is 20.9. The highest BCUT2D eigenvalue weighted by Gasteiger charge is 2.15. The Labute approximate surface area is 205 Å². The molecule has 2 aromatic carbocycles. The molecule has 2 aromatic rings. The van der Waals surface area contributed by atoms with Crippen LogP contribution >= 0.6 is 0 Å². The van der Waals surface area contributed by atoms with Gasteiger partial charge in [0.1, 0.15) is 6.17 Å². The quantitative estimate of drug-likeness (QED) is 0.244. The number of ether oxygens (including phenoxy) is 4. The van der Waals surface area contributed by atoms with Crippen LogP contribution in [0.5, 0.6) is 0 Å². The van der Waals surface area contributed by atoms with Crippen molar-refractivity contribution in [3.8, 4) is 0 Å². The molecule has 2 rings (SSSR count). The Balaban J connectivity index is 1.58. The molecule has 0 bridgehead atoms. The molecule has 0 amide bonds. The van der Waals surface area contributed by atoms with Crippen molar-refractivity contribution < 1.29 is 23.3 Å². The summed E-state index contributed by atoms with van der Waals surface area (Å²) < 4.78 is 36.9. The summed E-state index contributed by atoms with van der Waals surface area (Å²) in [6.45, 7) is 9.09. The SMILES string of the molecule is CCCCOCC(C)OCCOCCOCC(F)CN(Cc1ccccc1)Cc1ccccc1. The average Bonchev–Trinajstić information content (AvgIpc) is 2.84. The van der Waals surface area contributed by atoms with Crippen molar-refractivity contribution in [1.29, 1.82) is 0 Å². The Bertz CT molecular complexity index is 677. The second-order valence-corrected chi connectivity index (χ2v) is 8.54. The number of alkyl halides is 1. The van der Waals surface area contributed by atoms with Crippen LogP contribution in [0.1, 0.15) is 37.8 Å². The fourth-order valence-electron chi connectivity index (χ4n) is 3.48. The molecular weight excluding hydrogens is 433 g/mol. The minimum absolute atomic E-state index is 0.0544. The number of halogens is 1. The van der Waals surface area contributed by atoms with Gasteiger partial charge in [-0.2, -0.15) is 0 Å². The summed E-state index contributed by atoms with van der Waals surface area (Å²) in [5.41, 5.74) is 2.34. The van der Waals surface area contributed by atoms with Gasteiger partial charge in [0.25, 0.3) is 0 Å². The van der Waals surface area contributed by atoms with E-state index in [0.29, 0.717) is 52.7 Å². The first kappa shape index (κ1) is 28.4. The fraction of sp³-hybridized carbons (Fsp3) is 0.571. The van der Waals surface area contributed by atoms with E-state index in [1.165, 1.54) is 11.1 Å². The van der Waals surface area contributed by atoms with Gasteiger partial charge in [-0.05, 0) is 24.5 Å². The van der Waals surface area contributed by atoms with Crippen molar-refractivity contribution in [1.82, 2.24) is 4.90 Å². The highest BCUT2D eigenvalue weighted by atomic mass is 19.1. The Kier molecular flexibility index (Phi) is 15.5. The maximum Gasteiger partial charge on any atom is 0.136 e. The van der Waals surface area contributed by atoms with Crippen molar-refractivity contribution in [2.24, 2.45) is 0 Å². The lowest BCUT2D eigenvalue weighted by Crippen LogP contribution is -2.32. The first-order valence-corrected chi connectivity index (χ1v) is 12.5. The number of benzene rings is 2. The number of unbranched alkanes of at least 4 members (excludes halogenated alkanes) is 1. The Morgan fingerprint density at radius 3 is 1.91 bits per heavy atom. The Hall–Kier alpha value is -1.83. The number of nitrogens with zero attached hydrogens (tertiary/aromatic N) is 1. The van der Waals surface area contributed by atoms with E-state index in [0.717, 1.165) is 19.4 Å². The van der Waals surface area contributed by atoms with Crippen LogP contribution in [-0.4, -0.2) is 70.0 Å². The van der Waals surface area contributed by atoms with Crippen molar-refractivity contribution in [2.45, 2.75) is 52.1 Å². The molecule has 0 N–H and O–H groups in total. The molecular formula is C28H42FNO4. The third-order valence-electron chi connectivity index (χ3n) is 5.25. The van der Waals surface area contributed by atoms with Gasteiger partial charge in [0, 0.05) is 26.2 Å². The number of hydrogen-bond acceptors (Lipinski definition) is 5. The average molecular weight is 476 g/mol. The molecule has 0 aromatic heterocycles. The normalized spacial score (nSPS) is 13.3. The fourth-order valence-corrected chi connectivity index (χ4v) is 3.48. The topological polar surface area (TPSA) is 40.2 Å². The van der Waals surface area contributed by atoms with Crippen LogP contribution in [0, 0.1) is 0 Å². The van der Waals surface area contributed by atoms with Gasteiger partial charge in [-0.1, -0.05) is 74.0 Å². The van der Waals surface area contributed by atoms with Gasteiger partial charge in [-0.3, -0.25) is 4.90 Å². The monoisotopic (exact) mass is 475 g/mol. The lowest BCUT2D eigenvalue weighted by molar-refractivity contribution is -0.0395. The number of rotatable bonds is 20. The third-order valence-corrected chi connectivity index (χ3v) is 5.25. The molecule has 5 nitrogen and oxygen atoms in total. The van der Waals surface area contributed by atoms with Crippen LogP contribution in [0.2, 0.25) is 0 Å². The van der Waals surface area contributed by atoms with Crippen molar-refractivity contribution in [3.63, 3.8) is 0 Å². The van der Waals surface area contributed by atoms with Crippen molar-refractivity contribution >= 4 is 0 Å². The van der Waals surface area contributed by atoms with E-state index in [-0.39, 0.29) is 12.7 Å². The lowest BCUT2D eigenvalue weighted by Gasteiger charge is -2.24. The molecule has 0 aliphatic rings. The van der Waals surface area contributed by atoms with Crippen LogP contribution in [0.3, 0.4) is 0 Å². The summed E-state index contributed by atoms with van der Waals surface area (Å²) in [6.07, 6.45) is 1.20. The summed E-state index contributed by atoms with van der Waals surface area (Å²) in [7, 11) is 0. The Morgan fingerprint density at radius 2 is 1.29 bits per heavy atom. The molecule has 0 aliphatic heterocycles. The summed E-state index contributed by atoms with van der Waals surface area (Å²) >= 11 is 0. The summed E-state index contributed by atoms with van der Waals surface area (Å²) in [5.74, 6) is 0. The summed E-state index contributed by atoms with van der Waals surface area (Å²) in [4.78, 5) is 2.12. The first-order valence-electron chi connectivity index (χ1n) is 12.5. The largest absolute Gasteiger partial charge is 0.379 e. The first-order chi connectivity index (χ1) is 16.7. The van der Waals surface area contributed by atoms with E-state index in [2.05, 4.69) is 36.1 Å². The van der Waals surface area contributed by atoms with E-state index in [9.17, 15) is 4.39 Å². The smallest absolute Gasteiger partial charge is 0.136 e. The molecule has 190 valence electrons. The molecule has 0 heterocycles. The van der Waals surface area contributed by atoms with Crippen LogP contribution < -0.4 is 0 Å². The van der Waals surface area contributed by atoms with Crippen LogP contribution in [0.4, 0.5) is 4.39 Å². The molecule has 0 saturated heterocycles. The third kappa shape index (κ3) is 13.8. The van der Waals surface area contributed by atoms with Gasteiger partial charge in [0.2, 0.25) is 0 Å². The Morgan fingerprint density at radius 1 is 0.735 bits per heavy atom. The number of hydrogen-bond donors (Lipinski definition) is 0. The van der Waals surface area contributed by atoms with E-state index in [1.54, 1.807) is 0 Å². The molecule has 2 atom stereocenters. The predicted octanol–water partition coefficient (Wildman–Crippen LogP) is 5.28. The van der Waals surface area contributed by atoms with Crippen LogP contribution in [0.25, 0.3) is 0 Å². The van der Waals surface area contributed by atoms with Gasteiger partial charge < -0.3 is 18.9 Å². The predicted molar refractivity (Wildman–Crippen MR) is 135 cm³/mol. The molecule has 0 radical (unpaired) electrons. The van der Waals surface area contributed by atoms with E-state index in [4.69, 9.17) is 18.9 Å². The molecule has 34 heavy (non-hydrogen) atoms. The van der Waals surface area contributed by atoms with Gasteiger partial charge in [-0.15, -0.1) is 0 Å². The van der Waals surface area contributed by atoms with E-state index < -0.39 is 6.17 Å². The lowest BCUT2D eigenvalue weighted by atomic mass is 10.1. The zero-order valence-corrected chi connectivity index (χ0v) is 20.9. The van der Waals surface area contributed by atoms with Gasteiger partial charge in [-0.25, -0.2) is 4.39 Å². The highest BCUT2D eigenvalue weighted by Crippen LogP contribution is 2.12. The molecule has 0 spiro atoms. The van der Waals surface area contributed by atoms with Gasteiger partial charge in [0.15, 0.2) is 0 Å². The standard InChI is InChI=1S/C28H42FNO4/c1-3-4-15-32-23-25(2)34-19-18-31-16-17-33-24-28(29)22-30(20-26-11-7-5-8-12-26)21-27-13-9-6-10-14-27/h5-14,25,28H,3-4,15-24H2,1-2H3. The molecule has 0 saturated carbocycles.